The average molecular weight is 349 g/mol. The lowest BCUT2D eigenvalue weighted by atomic mass is 10.1. The van der Waals surface area contributed by atoms with Crippen molar-refractivity contribution in [3.63, 3.8) is 0 Å². The van der Waals surface area contributed by atoms with Crippen LogP contribution in [0.2, 0.25) is 0 Å². The van der Waals surface area contributed by atoms with Gasteiger partial charge >= 0.3 is 6.18 Å². The third kappa shape index (κ3) is 2.08. The minimum absolute atomic E-state index is 0.0575. The Morgan fingerprint density at radius 2 is 2.12 bits per heavy atom. The van der Waals surface area contributed by atoms with Gasteiger partial charge in [0.15, 0.2) is 11.4 Å². The van der Waals surface area contributed by atoms with E-state index in [4.69, 9.17) is 10.2 Å². The van der Waals surface area contributed by atoms with Crippen molar-refractivity contribution in [3.8, 4) is 0 Å². The van der Waals surface area contributed by atoms with Crippen LogP contribution in [0.1, 0.15) is 12.0 Å². The van der Waals surface area contributed by atoms with E-state index in [9.17, 15) is 13.2 Å². The number of nitrogens with zero attached hydrogens (tertiary/aromatic N) is 3. The molecule has 0 aliphatic carbocycles. The molecule has 3 aromatic rings. The Balaban J connectivity index is 1.81. The summed E-state index contributed by atoms with van der Waals surface area (Å²) in [5.41, 5.74) is 5.53. The van der Waals surface area contributed by atoms with Crippen LogP contribution in [-0.4, -0.2) is 35.1 Å². The predicted molar refractivity (Wildman–Crippen MR) is 86.3 cm³/mol. The van der Waals surface area contributed by atoms with Crippen LogP contribution in [0.15, 0.2) is 22.6 Å². The van der Waals surface area contributed by atoms with Crippen molar-refractivity contribution in [1.29, 1.82) is 0 Å². The molecular formula is C16H14F3N5O. The zero-order valence-electron chi connectivity index (χ0n) is 13.0. The Morgan fingerprint density at radius 3 is 2.80 bits per heavy atom. The number of nitrogen functional groups attached to an aromatic ring is 1. The lowest BCUT2D eigenvalue weighted by Crippen LogP contribution is -2.44. The highest BCUT2D eigenvalue weighted by atomic mass is 19.4. The standard InChI is InChI=1S/C16H14F3N5O/c17-16(18,19)9-2-1-3-10-11(9)12-13(25-10)14(23-15(20)22-12)24-6-7-4-8(24)5-21-7/h1-3,7-8,21H,4-6H2,(H2,20,22,23)/t7-,8-/m0/s1. The maximum Gasteiger partial charge on any atom is 0.417 e. The molecule has 130 valence electrons. The van der Waals surface area contributed by atoms with Crippen LogP contribution >= 0.6 is 0 Å². The minimum atomic E-state index is -4.51. The fourth-order valence-corrected chi connectivity index (χ4v) is 3.94. The van der Waals surface area contributed by atoms with Gasteiger partial charge < -0.3 is 20.4 Å². The summed E-state index contributed by atoms with van der Waals surface area (Å²) < 4.78 is 46.0. The largest absolute Gasteiger partial charge is 0.450 e. The van der Waals surface area contributed by atoms with Gasteiger partial charge in [-0.1, -0.05) is 6.07 Å². The van der Waals surface area contributed by atoms with Crippen molar-refractivity contribution in [2.24, 2.45) is 0 Å². The van der Waals surface area contributed by atoms with Crippen molar-refractivity contribution >= 4 is 33.8 Å². The van der Waals surface area contributed by atoms with E-state index in [1.54, 1.807) is 0 Å². The van der Waals surface area contributed by atoms with Gasteiger partial charge in [-0.15, -0.1) is 0 Å². The molecule has 9 heteroatoms. The van der Waals surface area contributed by atoms with Gasteiger partial charge in [-0.25, -0.2) is 4.98 Å². The van der Waals surface area contributed by atoms with Crippen LogP contribution in [0, 0.1) is 0 Å². The number of alkyl halides is 3. The number of fused-ring (bicyclic) bond motifs is 5. The van der Waals surface area contributed by atoms with Gasteiger partial charge in [0, 0.05) is 25.2 Å². The first-order valence-electron chi connectivity index (χ1n) is 7.98. The summed E-state index contributed by atoms with van der Waals surface area (Å²) in [6.45, 7) is 1.53. The van der Waals surface area contributed by atoms with Crippen molar-refractivity contribution in [1.82, 2.24) is 15.3 Å². The topological polar surface area (TPSA) is 80.2 Å². The molecule has 2 aliphatic rings. The van der Waals surface area contributed by atoms with E-state index in [1.807, 2.05) is 0 Å². The quantitative estimate of drug-likeness (QED) is 0.703. The Labute approximate surface area is 139 Å². The molecule has 0 amide bonds. The van der Waals surface area contributed by atoms with Crippen molar-refractivity contribution < 1.29 is 17.6 Å². The summed E-state index contributed by atoms with van der Waals surface area (Å²) in [6.07, 6.45) is -3.54. The molecular weight excluding hydrogens is 335 g/mol. The number of hydrogen-bond acceptors (Lipinski definition) is 6. The Kier molecular flexibility index (Phi) is 2.81. The Morgan fingerprint density at radius 1 is 1.28 bits per heavy atom. The maximum absolute atomic E-state index is 13.4. The summed E-state index contributed by atoms with van der Waals surface area (Å²) in [6, 6.07) is 4.44. The summed E-state index contributed by atoms with van der Waals surface area (Å²) >= 11 is 0. The SMILES string of the molecule is Nc1nc(N2C[C@@H]3C[C@H]2CN3)c2oc3cccc(C(F)(F)F)c3c2n1. The maximum atomic E-state index is 13.4. The molecule has 4 heterocycles. The second-order valence-electron chi connectivity index (χ2n) is 6.51. The third-order valence-electron chi connectivity index (χ3n) is 4.97. The first kappa shape index (κ1) is 14.8. The van der Waals surface area contributed by atoms with E-state index in [0.717, 1.165) is 25.6 Å². The van der Waals surface area contributed by atoms with E-state index in [-0.39, 0.29) is 34.1 Å². The molecule has 6 nitrogen and oxygen atoms in total. The van der Waals surface area contributed by atoms with Crippen LogP contribution in [0.3, 0.4) is 0 Å². The van der Waals surface area contributed by atoms with E-state index in [0.29, 0.717) is 11.9 Å². The Hall–Kier alpha value is -2.55. The second kappa shape index (κ2) is 4.75. The van der Waals surface area contributed by atoms with Crippen molar-refractivity contribution in [2.75, 3.05) is 23.7 Å². The van der Waals surface area contributed by atoms with Crippen LogP contribution in [0.5, 0.6) is 0 Å². The first-order chi connectivity index (χ1) is 11.9. The molecule has 2 aromatic heterocycles. The molecule has 2 fully saturated rings. The van der Waals surface area contributed by atoms with E-state index < -0.39 is 11.7 Å². The van der Waals surface area contributed by atoms with Crippen molar-refractivity contribution in [2.45, 2.75) is 24.7 Å². The molecule has 25 heavy (non-hydrogen) atoms. The number of nitrogens with one attached hydrogen (secondary N) is 1. The van der Waals surface area contributed by atoms with Gasteiger partial charge in [0.25, 0.3) is 0 Å². The van der Waals surface area contributed by atoms with Crippen molar-refractivity contribution in [3.05, 3.63) is 23.8 Å². The fourth-order valence-electron chi connectivity index (χ4n) is 3.94. The zero-order chi connectivity index (χ0) is 17.3. The summed E-state index contributed by atoms with van der Waals surface area (Å²) in [4.78, 5) is 10.4. The van der Waals surface area contributed by atoms with Gasteiger partial charge in [-0.3, -0.25) is 0 Å². The second-order valence-corrected chi connectivity index (χ2v) is 6.51. The third-order valence-corrected chi connectivity index (χ3v) is 4.97. The summed E-state index contributed by atoms with van der Waals surface area (Å²) in [5.74, 6) is 0.415. The summed E-state index contributed by atoms with van der Waals surface area (Å²) in [5, 5.41) is 3.31. The molecule has 0 radical (unpaired) electrons. The molecule has 2 saturated heterocycles. The van der Waals surface area contributed by atoms with Gasteiger partial charge in [-0.2, -0.15) is 18.2 Å². The van der Waals surface area contributed by atoms with E-state index >= 15 is 0 Å². The number of nitrogens with two attached hydrogens (primary N) is 1. The first-order valence-corrected chi connectivity index (χ1v) is 7.98. The van der Waals surface area contributed by atoms with Gasteiger partial charge in [0.1, 0.15) is 11.1 Å². The number of aromatic nitrogens is 2. The van der Waals surface area contributed by atoms with Gasteiger partial charge in [-0.05, 0) is 18.6 Å². The van der Waals surface area contributed by atoms with Crippen LogP contribution in [0.4, 0.5) is 24.9 Å². The highest BCUT2D eigenvalue weighted by Crippen LogP contribution is 2.42. The highest BCUT2D eigenvalue weighted by molar-refractivity contribution is 6.08. The molecule has 5 rings (SSSR count). The smallest absolute Gasteiger partial charge is 0.417 e. The number of hydrogen-bond donors (Lipinski definition) is 2. The van der Waals surface area contributed by atoms with E-state index in [1.165, 1.54) is 12.1 Å². The number of anilines is 2. The van der Waals surface area contributed by atoms with Crippen LogP contribution in [0.25, 0.3) is 22.1 Å². The molecule has 1 aromatic carbocycles. The average Bonchev–Trinajstić information content (AvgIpc) is 3.26. The predicted octanol–water partition coefficient (Wildman–Crippen LogP) is 2.53. The van der Waals surface area contributed by atoms with E-state index in [2.05, 4.69) is 20.2 Å². The number of halogens is 3. The highest BCUT2D eigenvalue weighted by Gasteiger charge is 2.40. The Bertz CT molecular complexity index is 999. The van der Waals surface area contributed by atoms with Gasteiger partial charge in [0.05, 0.1) is 10.9 Å². The molecule has 2 atom stereocenters. The monoisotopic (exact) mass is 349 g/mol. The fraction of sp³-hybridized carbons (Fsp3) is 0.375. The van der Waals surface area contributed by atoms with Gasteiger partial charge in [0.2, 0.25) is 5.95 Å². The molecule has 0 spiro atoms. The number of benzene rings is 1. The molecule has 2 bridgehead atoms. The zero-order valence-corrected chi connectivity index (χ0v) is 13.0. The number of rotatable bonds is 1. The number of piperazine rings is 1. The molecule has 0 unspecified atom stereocenters. The molecule has 3 N–H and O–H groups in total. The lowest BCUT2D eigenvalue weighted by molar-refractivity contribution is -0.136. The summed E-state index contributed by atoms with van der Waals surface area (Å²) in [7, 11) is 0. The lowest BCUT2D eigenvalue weighted by Gasteiger charge is -2.28. The molecule has 2 aliphatic heterocycles. The number of furan rings is 1. The van der Waals surface area contributed by atoms with Crippen LogP contribution in [-0.2, 0) is 6.18 Å². The van der Waals surface area contributed by atoms with Crippen LogP contribution < -0.4 is 16.0 Å². The molecule has 0 saturated carbocycles. The minimum Gasteiger partial charge on any atom is -0.450 e. The normalized spacial score (nSPS) is 23.2.